The molecule has 0 saturated carbocycles. The van der Waals surface area contributed by atoms with Gasteiger partial charge in [-0.1, -0.05) is 18.6 Å². The first kappa shape index (κ1) is 20.4. The molecular formula is C22H24N2O5. The van der Waals surface area contributed by atoms with Gasteiger partial charge in [-0.25, -0.2) is 0 Å². The van der Waals surface area contributed by atoms with Crippen LogP contribution in [0.5, 0.6) is 11.5 Å². The number of carbonyl (C=O) groups excluding carboxylic acids is 3. The Morgan fingerprint density at radius 3 is 2.24 bits per heavy atom. The number of methoxy groups -OCH3 is 2. The van der Waals surface area contributed by atoms with E-state index in [4.69, 9.17) is 9.47 Å². The third-order valence-corrected chi connectivity index (χ3v) is 4.84. The number of nitrogens with zero attached hydrogens (tertiary/aromatic N) is 1. The van der Waals surface area contributed by atoms with Crippen molar-refractivity contribution in [2.75, 3.05) is 26.1 Å². The van der Waals surface area contributed by atoms with Crippen molar-refractivity contribution < 1.29 is 23.9 Å². The first-order chi connectivity index (χ1) is 14.0. The SMILES string of the molecule is COc1ccc(OC)c(NC(=O)CCCCCN2C(=O)c3ccccc3C2=O)c1. The van der Waals surface area contributed by atoms with Gasteiger partial charge in [0.2, 0.25) is 5.91 Å². The van der Waals surface area contributed by atoms with E-state index in [1.165, 1.54) is 12.0 Å². The van der Waals surface area contributed by atoms with Crippen LogP contribution in [-0.2, 0) is 4.79 Å². The molecule has 2 aromatic rings. The third kappa shape index (κ3) is 4.56. The monoisotopic (exact) mass is 396 g/mol. The molecule has 1 aliphatic rings. The number of imide groups is 1. The molecule has 1 heterocycles. The summed E-state index contributed by atoms with van der Waals surface area (Å²) in [5, 5.41) is 2.83. The van der Waals surface area contributed by atoms with Crippen LogP contribution in [0.3, 0.4) is 0 Å². The van der Waals surface area contributed by atoms with E-state index in [1.54, 1.807) is 49.6 Å². The second-order valence-corrected chi connectivity index (χ2v) is 6.73. The molecule has 2 aromatic carbocycles. The number of nitrogens with one attached hydrogen (secondary N) is 1. The topological polar surface area (TPSA) is 84.9 Å². The normalized spacial score (nSPS) is 12.7. The molecule has 0 aromatic heterocycles. The predicted molar refractivity (Wildman–Crippen MR) is 108 cm³/mol. The zero-order valence-corrected chi connectivity index (χ0v) is 16.6. The van der Waals surface area contributed by atoms with E-state index in [0.717, 1.165) is 6.42 Å². The van der Waals surface area contributed by atoms with Crippen LogP contribution in [0, 0.1) is 0 Å². The van der Waals surface area contributed by atoms with Crippen LogP contribution in [-0.4, -0.2) is 43.4 Å². The highest BCUT2D eigenvalue weighted by molar-refractivity contribution is 6.21. The van der Waals surface area contributed by atoms with Crippen LogP contribution in [0.15, 0.2) is 42.5 Å². The number of fused-ring (bicyclic) bond motifs is 1. The molecule has 3 amide bonds. The lowest BCUT2D eigenvalue weighted by Crippen LogP contribution is -2.30. The zero-order chi connectivity index (χ0) is 20.8. The first-order valence-electron chi connectivity index (χ1n) is 9.52. The number of ether oxygens (including phenoxy) is 2. The van der Waals surface area contributed by atoms with E-state index in [0.29, 0.717) is 54.1 Å². The van der Waals surface area contributed by atoms with E-state index in [-0.39, 0.29) is 17.7 Å². The summed E-state index contributed by atoms with van der Waals surface area (Å²) >= 11 is 0. The minimum absolute atomic E-state index is 0.128. The minimum Gasteiger partial charge on any atom is -0.497 e. The molecule has 152 valence electrons. The molecule has 3 rings (SSSR count). The first-order valence-corrected chi connectivity index (χ1v) is 9.52. The zero-order valence-electron chi connectivity index (χ0n) is 16.6. The number of carbonyl (C=O) groups is 3. The molecule has 7 nitrogen and oxygen atoms in total. The van der Waals surface area contributed by atoms with Gasteiger partial charge in [-0.3, -0.25) is 19.3 Å². The highest BCUT2D eigenvalue weighted by atomic mass is 16.5. The van der Waals surface area contributed by atoms with Gasteiger partial charge >= 0.3 is 0 Å². The molecule has 0 spiro atoms. The van der Waals surface area contributed by atoms with E-state index in [2.05, 4.69) is 5.32 Å². The van der Waals surface area contributed by atoms with Crippen LogP contribution in [0.4, 0.5) is 5.69 Å². The van der Waals surface area contributed by atoms with Crippen LogP contribution < -0.4 is 14.8 Å². The van der Waals surface area contributed by atoms with Gasteiger partial charge in [0, 0.05) is 19.0 Å². The molecule has 0 atom stereocenters. The molecular weight excluding hydrogens is 372 g/mol. The smallest absolute Gasteiger partial charge is 0.261 e. The van der Waals surface area contributed by atoms with Gasteiger partial charge in [-0.2, -0.15) is 0 Å². The summed E-state index contributed by atoms with van der Waals surface area (Å²) in [5.41, 5.74) is 1.48. The number of benzene rings is 2. The van der Waals surface area contributed by atoms with Gasteiger partial charge in [0.05, 0.1) is 31.0 Å². The van der Waals surface area contributed by atoms with Crippen molar-refractivity contribution in [1.29, 1.82) is 0 Å². The number of anilines is 1. The number of hydrogen-bond acceptors (Lipinski definition) is 5. The number of hydrogen-bond donors (Lipinski definition) is 1. The third-order valence-electron chi connectivity index (χ3n) is 4.84. The Kier molecular flexibility index (Phi) is 6.49. The van der Waals surface area contributed by atoms with Gasteiger partial charge in [-0.05, 0) is 37.1 Å². The largest absolute Gasteiger partial charge is 0.497 e. The average Bonchev–Trinajstić information content (AvgIpc) is 2.98. The van der Waals surface area contributed by atoms with Crippen molar-refractivity contribution in [3.05, 3.63) is 53.6 Å². The molecule has 0 radical (unpaired) electrons. The lowest BCUT2D eigenvalue weighted by atomic mass is 10.1. The van der Waals surface area contributed by atoms with E-state index < -0.39 is 0 Å². The van der Waals surface area contributed by atoms with E-state index in [9.17, 15) is 14.4 Å². The molecule has 1 aliphatic heterocycles. The van der Waals surface area contributed by atoms with Crippen molar-refractivity contribution >= 4 is 23.4 Å². The number of amides is 3. The Bertz CT molecular complexity index is 890. The van der Waals surface area contributed by atoms with Crippen LogP contribution in [0.25, 0.3) is 0 Å². The van der Waals surface area contributed by atoms with E-state index >= 15 is 0 Å². The van der Waals surface area contributed by atoms with Gasteiger partial charge in [-0.15, -0.1) is 0 Å². The molecule has 0 fully saturated rings. The summed E-state index contributed by atoms with van der Waals surface area (Å²) in [7, 11) is 3.10. The van der Waals surface area contributed by atoms with Crippen molar-refractivity contribution in [3.63, 3.8) is 0 Å². The average molecular weight is 396 g/mol. The minimum atomic E-state index is -0.242. The van der Waals surface area contributed by atoms with Crippen LogP contribution >= 0.6 is 0 Å². The maximum absolute atomic E-state index is 12.3. The summed E-state index contributed by atoms with van der Waals surface area (Å²) in [6.45, 7) is 0.359. The van der Waals surface area contributed by atoms with E-state index in [1.807, 2.05) is 0 Å². The van der Waals surface area contributed by atoms with Crippen LogP contribution in [0.1, 0.15) is 46.4 Å². The second kappa shape index (κ2) is 9.23. The Balaban J connectivity index is 1.43. The molecule has 29 heavy (non-hydrogen) atoms. The standard InChI is InChI=1S/C22H24N2O5/c1-28-15-11-12-19(29-2)18(14-15)23-20(25)10-4-3-7-13-24-21(26)16-8-5-6-9-17(16)22(24)27/h5-6,8-9,11-12,14H,3-4,7,10,13H2,1-2H3,(H,23,25). The summed E-state index contributed by atoms with van der Waals surface area (Å²) in [6, 6.07) is 12.1. The van der Waals surface area contributed by atoms with Crippen molar-refractivity contribution in [1.82, 2.24) is 4.90 Å². The molecule has 0 bridgehead atoms. The molecule has 1 N–H and O–H groups in total. The fourth-order valence-electron chi connectivity index (χ4n) is 3.30. The van der Waals surface area contributed by atoms with Crippen LogP contribution in [0.2, 0.25) is 0 Å². The highest BCUT2D eigenvalue weighted by Crippen LogP contribution is 2.29. The number of unbranched alkanes of at least 4 members (excludes halogenated alkanes) is 2. The summed E-state index contributed by atoms with van der Waals surface area (Å²) in [4.78, 5) is 38.1. The van der Waals surface area contributed by atoms with Crippen molar-refractivity contribution in [3.8, 4) is 11.5 Å². The van der Waals surface area contributed by atoms with Gasteiger partial charge in [0.1, 0.15) is 11.5 Å². The maximum Gasteiger partial charge on any atom is 0.261 e. The van der Waals surface area contributed by atoms with Crippen molar-refractivity contribution in [2.24, 2.45) is 0 Å². The fraction of sp³-hybridized carbons (Fsp3) is 0.318. The Hall–Kier alpha value is -3.35. The predicted octanol–water partition coefficient (Wildman–Crippen LogP) is 3.50. The maximum atomic E-state index is 12.3. The van der Waals surface area contributed by atoms with Gasteiger partial charge in [0.25, 0.3) is 11.8 Å². The molecule has 0 unspecified atom stereocenters. The number of rotatable bonds is 9. The Morgan fingerprint density at radius 2 is 1.62 bits per heavy atom. The fourth-order valence-corrected chi connectivity index (χ4v) is 3.30. The quantitative estimate of drug-likeness (QED) is 0.518. The highest BCUT2D eigenvalue weighted by Gasteiger charge is 2.34. The Labute approximate surface area is 169 Å². The van der Waals surface area contributed by atoms with Gasteiger partial charge in [0.15, 0.2) is 0 Å². The lowest BCUT2D eigenvalue weighted by molar-refractivity contribution is -0.116. The summed E-state index contributed by atoms with van der Waals surface area (Å²) in [5.74, 6) is 0.575. The summed E-state index contributed by atoms with van der Waals surface area (Å²) in [6.07, 6.45) is 2.38. The lowest BCUT2D eigenvalue weighted by Gasteiger charge is -2.14. The summed E-state index contributed by atoms with van der Waals surface area (Å²) < 4.78 is 10.4. The van der Waals surface area contributed by atoms with Gasteiger partial charge < -0.3 is 14.8 Å². The molecule has 0 saturated heterocycles. The second-order valence-electron chi connectivity index (χ2n) is 6.73. The molecule has 7 heteroatoms. The van der Waals surface area contributed by atoms with Crippen molar-refractivity contribution in [2.45, 2.75) is 25.7 Å². The Morgan fingerprint density at radius 1 is 0.931 bits per heavy atom. The molecule has 0 aliphatic carbocycles.